The molecule has 3 heteroatoms. The topological polar surface area (TPSA) is 20.7 Å². The van der Waals surface area contributed by atoms with Crippen molar-refractivity contribution in [2.45, 2.75) is 26.2 Å². The van der Waals surface area contributed by atoms with Crippen molar-refractivity contribution in [1.29, 1.82) is 0 Å². The highest BCUT2D eigenvalue weighted by molar-refractivity contribution is 7.71. The Hall–Kier alpha value is -1.87. The van der Waals surface area contributed by atoms with Gasteiger partial charge in [0.1, 0.15) is 0 Å². The Morgan fingerprint density at radius 1 is 1.05 bits per heavy atom. The largest absolute Gasteiger partial charge is 0.330 e. The third-order valence-electron chi connectivity index (χ3n) is 4.18. The molecule has 0 saturated carbocycles. The standard InChI is InChI=1S/C17H16N2S/c1-11-5-8-16-15(9-11)18-17(20)19(16)14-7-6-12-3-2-4-13(12)10-14/h5-10H,2-4H2,1H3,(H,18,20). The summed E-state index contributed by atoms with van der Waals surface area (Å²) in [6.07, 6.45) is 3.68. The Morgan fingerprint density at radius 3 is 2.80 bits per heavy atom. The third kappa shape index (κ3) is 1.74. The van der Waals surface area contributed by atoms with Crippen LogP contribution in [-0.2, 0) is 12.8 Å². The third-order valence-corrected chi connectivity index (χ3v) is 4.46. The normalized spacial score (nSPS) is 13.8. The molecule has 1 aliphatic rings. The predicted octanol–water partition coefficient (Wildman–Crippen LogP) is 4.49. The molecule has 0 bridgehead atoms. The average molecular weight is 280 g/mol. The van der Waals surface area contributed by atoms with Gasteiger partial charge in [-0.2, -0.15) is 0 Å². The van der Waals surface area contributed by atoms with Crippen molar-refractivity contribution in [3.8, 4) is 5.69 Å². The Balaban J connectivity index is 1.98. The lowest BCUT2D eigenvalue weighted by molar-refractivity contribution is 0.911. The molecule has 0 atom stereocenters. The lowest BCUT2D eigenvalue weighted by atomic mass is 10.1. The number of nitrogens with one attached hydrogen (secondary N) is 1. The van der Waals surface area contributed by atoms with Gasteiger partial charge in [-0.3, -0.25) is 4.57 Å². The molecule has 1 aromatic heterocycles. The van der Waals surface area contributed by atoms with Crippen LogP contribution in [0.3, 0.4) is 0 Å². The van der Waals surface area contributed by atoms with Crippen LogP contribution >= 0.6 is 12.2 Å². The number of aromatic nitrogens is 2. The molecule has 100 valence electrons. The fourth-order valence-corrected chi connectivity index (χ4v) is 3.49. The number of hydrogen-bond donors (Lipinski definition) is 1. The predicted molar refractivity (Wildman–Crippen MR) is 85.2 cm³/mol. The molecule has 4 rings (SSSR count). The van der Waals surface area contributed by atoms with Crippen molar-refractivity contribution in [3.63, 3.8) is 0 Å². The minimum absolute atomic E-state index is 0.767. The Kier molecular flexibility index (Phi) is 2.57. The number of imidazole rings is 1. The fourth-order valence-electron chi connectivity index (χ4n) is 3.18. The summed E-state index contributed by atoms with van der Waals surface area (Å²) in [6, 6.07) is 13.2. The van der Waals surface area contributed by atoms with Crippen LogP contribution in [-0.4, -0.2) is 9.55 Å². The SMILES string of the molecule is Cc1ccc2c(c1)[nH]c(=S)n2-c1ccc2c(c1)CCC2. The van der Waals surface area contributed by atoms with Crippen molar-refractivity contribution < 1.29 is 0 Å². The van der Waals surface area contributed by atoms with E-state index in [9.17, 15) is 0 Å². The maximum atomic E-state index is 5.51. The van der Waals surface area contributed by atoms with Crippen LogP contribution in [0, 0.1) is 11.7 Å². The second kappa shape index (κ2) is 4.32. The van der Waals surface area contributed by atoms with Gasteiger partial charge in [-0.05, 0) is 79.4 Å². The van der Waals surface area contributed by atoms with Gasteiger partial charge in [-0.25, -0.2) is 0 Å². The van der Waals surface area contributed by atoms with Crippen LogP contribution in [0.15, 0.2) is 36.4 Å². The van der Waals surface area contributed by atoms with Gasteiger partial charge in [0, 0.05) is 5.69 Å². The smallest absolute Gasteiger partial charge is 0.182 e. The number of rotatable bonds is 1. The van der Waals surface area contributed by atoms with E-state index in [1.54, 1.807) is 0 Å². The number of aromatic amines is 1. The van der Waals surface area contributed by atoms with Gasteiger partial charge in [-0.15, -0.1) is 0 Å². The molecule has 1 aliphatic carbocycles. The summed E-state index contributed by atoms with van der Waals surface area (Å²) in [5.74, 6) is 0. The molecule has 0 unspecified atom stereocenters. The zero-order chi connectivity index (χ0) is 13.7. The highest BCUT2D eigenvalue weighted by atomic mass is 32.1. The van der Waals surface area contributed by atoms with Crippen LogP contribution in [0.25, 0.3) is 16.7 Å². The monoisotopic (exact) mass is 280 g/mol. The lowest BCUT2D eigenvalue weighted by Gasteiger charge is -2.07. The van der Waals surface area contributed by atoms with Crippen LogP contribution < -0.4 is 0 Å². The molecule has 0 aliphatic heterocycles. The first-order chi connectivity index (χ1) is 9.72. The molecule has 2 aromatic carbocycles. The van der Waals surface area contributed by atoms with Crippen molar-refractivity contribution >= 4 is 23.3 Å². The first-order valence-corrected chi connectivity index (χ1v) is 7.47. The highest BCUT2D eigenvalue weighted by Gasteiger charge is 2.13. The Morgan fingerprint density at radius 2 is 1.90 bits per heavy atom. The van der Waals surface area contributed by atoms with E-state index in [0.29, 0.717) is 0 Å². The summed E-state index contributed by atoms with van der Waals surface area (Å²) in [7, 11) is 0. The molecule has 0 spiro atoms. The van der Waals surface area contributed by atoms with Crippen LogP contribution in [0.5, 0.6) is 0 Å². The first kappa shape index (κ1) is 11.9. The van der Waals surface area contributed by atoms with Crippen LogP contribution in [0.4, 0.5) is 0 Å². The van der Waals surface area contributed by atoms with E-state index in [2.05, 4.69) is 52.9 Å². The maximum absolute atomic E-state index is 5.51. The number of hydrogen-bond acceptors (Lipinski definition) is 1. The molecule has 0 radical (unpaired) electrons. The number of H-pyrrole nitrogens is 1. The van der Waals surface area contributed by atoms with Gasteiger partial charge in [0.15, 0.2) is 4.77 Å². The van der Waals surface area contributed by atoms with E-state index in [0.717, 1.165) is 15.8 Å². The van der Waals surface area contributed by atoms with Crippen molar-refractivity contribution in [1.82, 2.24) is 9.55 Å². The van der Waals surface area contributed by atoms with Gasteiger partial charge in [0.05, 0.1) is 11.0 Å². The van der Waals surface area contributed by atoms with E-state index in [1.807, 2.05) is 0 Å². The second-order valence-electron chi connectivity index (χ2n) is 5.59. The van der Waals surface area contributed by atoms with E-state index < -0.39 is 0 Å². The summed E-state index contributed by atoms with van der Waals surface area (Å²) in [4.78, 5) is 3.31. The van der Waals surface area contributed by atoms with Crippen molar-refractivity contribution in [2.75, 3.05) is 0 Å². The maximum Gasteiger partial charge on any atom is 0.182 e. The summed E-state index contributed by atoms with van der Waals surface area (Å²) < 4.78 is 2.91. The van der Waals surface area contributed by atoms with E-state index in [4.69, 9.17) is 12.2 Å². The van der Waals surface area contributed by atoms with Crippen molar-refractivity contribution in [2.24, 2.45) is 0 Å². The molecule has 0 saturated heterocycles. The van der Waals surface area contributed by atoms with Gasteiger partial charge < -0.3 is 4.98 Å². The summed E-state index contributed by atoms with van der Waals surface area (Å²) in [5, 5.41) is 0. The first-order valence-electron chi connectivity index (χ1n) is 7.06. The number of nitrogens with zero attached hydrogens (tertiary/aromatic N) is 1. The molecule has 0 amide bonds. The summed E-state index contributed by atoms with van der Waals surface area (Å²) in [5.41, 5.74) is 7.65. The zero-order valence-electron chi connectivity index (χ0n) is 11.4. The average Bonchev–Trinajstić information content (AvgIpc) is 3.00. The zero-order valence-corrected chi connectivity index (χ0v) is 12.3. The minimum Gasteiger partial charge on any atom is -0.330 e. The Labute approximate surface area is 123 Å². The summed E-state index contributed by atoms with van der Waals surface area (Å²) >= 11 is 5.51. The van der Waals surface area contributed by atoms with E-state index in [1.165, 1.54) is 41.6 Å². The van der Waals surface area contributed by atoms with Crippen molar-refractivity contribution in [3.05, 3.63) is 57.9 Å². The van der Waals surface area contributed by atoms with Gasteiger partial charge >= 0.3 is 0 Å². The van der Waals surface area contributed by atoms with Crippen LogP contribution in [0.1, 0.15) is 23.1 Å². The fraction of sp³-hybridized carbons (Fsp3) is 0.235. The highest BCUT2D eigenvalue weighted by Crippen LogP contribution is 2.27. The molecule has 3 aromatic rings. The van der Waals surface area contributed by atoms with Gasteiger partial charge in [0.2, 0.25) is 0 Å². The molecule has 20 heavy (non-hydrogen) atoms. The van der Waals surface area contributed by atoms with E-state index in [-0.39, 0.29) is 0 Å². The molecule has 0 fully saturated rings. The lowest BCUT2D eigenvalue weighted by Crippen LogP contribution is -1.95. The molecular weight excluding hydrogens is 264 g/mol. The Bertz CT molecular complexity index is 870. The molecule has 1 N–H and O–H groups in total. The molecular formula is C17H16N2S. The van der Waals surface area contributed by atoms with Gasteiger partial charge in [-0.1, -0.05) is 12.1 Å². The van der Waals surface area contributed by atoms with Gasteiger partial charge in [0.25, 0.3) is 0 Å². The quantitative estimate of drug-likeness (QED) is 0.652. The number of fused-ring (bicyclic) bond motifs is 2. The number of benzene rings is 2. The van der Waals surface area contributed by atoms with Crippen LogP contribution in [0.2, 0.25) is 0 Å². The number of aryl methyl sites for hydroxylation is 3. The molecule has 1 heterocycles. The summed E-state index contributed by atoms with van der Waals surface area (Å²) in [6.45, 7) is 2.10. The minimum atomic E-state index is 0.767. The second-order valence-corrected chi connectivity index (χ2v) is 5.98. The molecule has 2 nitrogen and oxygen atoms in total. The van der Waals surface area contributed by atoms with E-state index >= 15 is 0 Å².